The molecule has 0 aromatic heterocycles. The van der Waals surface area contributed by atoms with Gasteiger partial charge in [-0.15, -0.1) is 0 Å². The number of hydrogen-bond acceptors (Lipinski definition) is 3. The molecule has 1 fully saturated rings. The molecule has 0 saturated heterocycles. The second-order valence-corrected chi connectivity index (χ2v) is 5.72. The number of hydrogen-bond donors (Lipinski definition) is 2. The molecule has 5 heteroatoms. The third kappa shape index (κ3) is 3.36. The molecule has 20 heavy (non-hydrogen) atoms. The van der Waals surface area contributed by atoms with Crippen molar-refractivity contribution in [3.8, 4) is 0 Å². The number of anilines is 1. The Hall–Kier alpha value is -1.88. The van der Waals surface area contributed by atoms with Crippen molar-refractivity contribution in [1.82, 2.24) is 4.90 Å². The standard InChI is InChI=1S/C15H21N3O2/c1-18(2)14(20)11-4-6-12(7-5-11)17-13(19)10-15(16)8-3-9-15/h4-7H,3,8-10,16H2,1-2H3,(H,17,19). The molecule has 0 unspecified atom stereocenters. The molecule has 108 valence electrons. The van der Waals surface area contributed by atoms with Crippen LogP contribution in [0.25, 0.3) is 0 Å². The van der Waals surface area contributed by atoms with Crippen molar-refractivity contribution in [2.24, 2.45) is 5.73 Å². The molecular weight excluding hydrogens is 254 g/mol. The van der Waals surface area contributed by atoms with E-state index in [1.807, 2.05) is 0 Å². The molecule has 1 aromatic carbocycles. The van der Waals surface area contributed by atoms with Crippen molar-refractivity contribution < 1.29 is 9.59 Å². The molecule has 0 spiro atoms. The number of nitrogens with zero attached hydrogens (tertiary/aromatic N) is 1. The van der Waals surface area contributed by atoms with Crippen LogP contribution >= 0.6 is 0 Å². The SMILES string of the molecule is CN(C)C(=O)c1ccc(NC(=O)CC2(N)CCC2)cc1. The number of carbonyl (C=O) groups is 2. The normalized spacial score (nSPS) is 16.1. The lowest BCUT2D eigenvalue weighted by Crippen LogP contribution is -2.48. The predicted octanol–water partition coefficient (Wildman–Crippen LogP) is 1.60. The highest BCUT2D eigenvalue weighted by Gasteiger charge is 2.34. The fourth-order valence-corrected chi connectivity index (χ4v) is 2.29. The Balaban J connectivity index is 1.93. The van der Waals surface area contributed by atoms with Crippen LogP contribution in [0.3, 0.4) is 0 Å². The maximum atomic E-state index is 11.9. The first kappa shape index (κ1) is 14.5. The van der Waals surface area contributed by atoms with E-state index in [0.29, 0.717) is 17.7 Å². The van der Waals surface area contributed by atoms with E-state index in [0.717, 1.165) is 19.3 Å². The first-order chi connectivity index (χ1) is 9.39. The third-order valence-electron chi connectivity index (χ3n) is 3.68. The Morgan fingerprint density at radius 1 is 1.25 bits per heavy atom. The van der Waals surface area contributed by atoms with Crippen LogP contribution in [0.15, 0.2) is 24.3 Å². The molecule has 1 saturated carbocycles. The van der Waals surface area contributed by atoms with Crippen LogP contribution in [-0.2, 0) is 4.79 Å². The molecule has 2 rings (SSSR count). The molecule has 0 bridgehead atoms. The molecule has 0 heterocycles. The quantitative estimate of drug-likeness (QED) is 0.876. The minimum Gasteiger partial charge on any atom is -0.345 e. The number of rotatable bonds is 4. The van der Waals surface area contributed by atoms with Crippen molar-refractivity contribution in [2.45, 2.75) is 31.2 Å². The second kappa shape index (κ2) is 5.63. The zero-order valence-corrected chi connectivity index (χ0v) is 12.0. The van der Waals surface area contributed by atoms with Gasteiger partial charge in [-0.3, -0.25) is 9.59 Å². The summed E-state index contributed by atoms with van der Waals surface area (Å²) in [5.74, 6) is -0.128. The van der Waals surface area contributed by atoms with E-state index in [1.165, 1.54) is 4.90 Å². The van der Waals surface area contributed by atoms with Gasteiger partial charge in [0.05, 0.1) is 0 Å². The maximum Gasteiger partial charge on any atom is 0.253 e. The lowest BCUT2D eigenvalue weighted by molar-refractivity contribution is -0.118. The minimum atomic E-state index is -0.315. The summed E-state index contributed by atoms with van der Waals surface area (Å²) in [4.78, 5) is 25.1. The third-order valence-corrected chi connectivity index (χ3v) is 3.68. The van der Waals surface area contributed by atoms with E-state index in [1.54, 1.807) is 38.4 Å². The molecular formula is C15H21N3O2. The summed E-state index contributed by atoms with van der Waals surface area (Å²) < 4.78 is 0. The Morgan fingerprint density at radius 2 is 1.85 bits per heavy atom. The van der Waals surface area contributed by atoms with Gasteiger partial charge in [-0.05, 0) is 43.5 Å². The molecule has 5 nitrogen and oxygen atoms in total. The molecule has 0 atom stereocenters. The van der Waals surface area contributed by atoms with Gasteiger partial charge in [-0.2, -0.15) is 0 Å². The summed E-state index contributed by atoms with van der Waals surface area (Å²) in [5.41, 5.74) is 7.02. The van der Waals surface area contributed by atoms with Gasteiger partial charge in [-0.1, -0.05) is 0 Å². The molecule has 0 radical (unpaired) electrons. The van der Waals surface area contributed by atoms with Crippen LogP contribution in [-0.4, -0.2) is 36.3 Å². The summed E-state index contributed by atoms with van der Waals surface area (Å²) in [6.07, 6.45) is 3.28. The molecule has 0 aliphatic heterocycles. The highest BCUT2D eigenvalue weighted by molar-refractivity contribution is 5.95. The van der Waals surface area contributed by atoms with Crippen molar-refractivity contribution in [1.29, 1.82) is 0 Å². The van der Waals surface area contributed by atoms with E-state index in [9.17, 15) is 9.59 Å². The number of nitrogens with two attached hydrogens (primary N) is 1. The Kier molecular flexibility index (Phi) is 4.09. The van der Waals surface area contributed by atoms with E-state index in [2.05, 4.69) is 5.32 Å². The number of nitrogens with one attached hydrogen (secondary N) is 1. The van der Waals surface area contributed by atoms with Gasteiger partial charge in [0.15, 0.2) is 0 Å². The van der Waals surface area contributed by atoms with Crippen LogP contribution in [0.2, 0.25) is 0 Å². The lowest BCUT2D eigenvalue weighted by atomic mass is 9.75. The highest BCUT2D eigenvalue weighted by atomic mass is 16.2. The summed E-state index contributed by atoms with van der Waals surface area (Å²) >= 11 is 0. The van der Waals surface area contributed by atoms with Gasteiger partial charge in [0, 0.05) is 37.3 Å². The number of benzene rings is 1. The Labute approximate surface area is 119 Å². The average molecular weight is 275 g/mol. The first-order valence-electron chi connectivity index (χ1n) is 6.80. The Bertz CT molecular complexity index is 504. The van der Waals surface area contributed by atoms with Crippen LogP contribution in [0.5, 0.6) is 0 Å². The summed E-state index contributed by atoms with van der Waals surface area (Å²) in [7, 11) is 3.41. The predicted molar refractivity (Wildman–Crippen MR) is 78.5 cm³/mol. The maximum absolute atomic E-state index is 11.9. The number of amides is 2. The first-order valence-corrected chi connectivity index (χ1v) is 6.80. The van der Waals surface area contributed by atoms with Crippen LogP contribution in [0.1, 0.15) is 36.0 Å². The van der Waals surface area contributed by atoms with E-state index in [4.69, 9.17) is 5.73 Å². The van der Waals surface area contributed by atoms with Gasteiger partial charge >= 0.3 is 0 Å². The summed E-state index contributed by atoms with van der Waals surface area (Å²) in [6.45, 7) is 0. The van der Waals surface area contributed by atoms with Crippen LogP contribution in [0, 0.1) is 0 Å². The number of carbonyl (C=O) groups excluding carboxylic acids is 2. The molecule has 2 amide bonds. The lowest BCUT2D eigenvalue weighted by Gasteiger charge is -2.37. The van der Waals surface area contributed by atoms with Crippen LogP contribution < -0.4 is 11.1 Å². The summed E-state index contributed by atoms with van der Waals surface area (Å²) in [5, 5.41) is 2.82. The van der Waals surface area contributed by atoms with E-state index in [-0.39, 0.29) is 17.4 Å². The fourth-order valence-electron chi connectivity index (χ4n) is 2.29. The van der Waals surface area contributed by atoms with Crippen molar-refractivity contribution >= 4 is 17.5 Å². The van der Waals surface area contributed by atoms with Crippen molar-refractivity contribution in [3.05, 3.63) is 29.8 Å². The van der Waals surface area contributed by atoms with Gasteiger partial charge in [0.25, 0.3) is 5.91 Å². The monoisotopic (exact) mass is 275 g/mol. The zero-order chi connectivity index (χ0) is 14.8. The fraction of sp³-hybridized carbons (Fsp3) is 0.467. The molecule has 1 aromatic rings. The molecule has 3 N–H and O–H groups in total. The molecule has 1 aliphatic rings. The minimum absolute atomic E-state index is 0.0572. The van der Waals surface area contributed by atoms with Gasteiger partial charge < -0.3 is 16.0 Å². The van der Waals surface area contributed by atoms with Crippen LogP contribution in [0.4, 0.5) is 5.69 Å². The van der Waals surface area contributed by atoms with Crippen molar-refractivity contribution in [3.63, 3.8) is 0 Å². The van der Waals surface area contributed by atoms with E-state index < -0.39 is 0 Å². The van der Waals surface area contributed by atoms with Gasteiger partial charge in [0.2, 0.25) is 5.91 Å². The second-order valence-electron chi connectivity index (χ2n) is 5.72. The highest BCUT2D eigenvalue weighted by Crippen LogP contribution is 2.32. The average Bonchev–Trinajstić information content (AvgIpc) is 2.36. The van der Waals surface area contributed by atoms with E-state index >= 15 is 0 Å². The smallest absolute Gasteiger partial charge is 0.253 e. The van der Waals surface area contributed by atoms with Gasteiger partial charge in [-0.25, -0.2) is 0 Å². The molecule has 1 aliphatic carbocycles. The Morgan fingerprint density at radius 3 is 2.30 bits per heavy atom. The topological polar surface area (TPSA) is 75.4 Å². The summed E-state index contributed by atoms with van der Waals surface area (Å²) in [6, 6.07) is 6.89. The largest absolute Gasteiger partial charge is 0.345 e. The van der Waals surface area contributed by atoms with Gasteiger partial charge in [0.1, 0.15) is 0 Å². The van der Waals surface area contributed by atoms with Crippen molar-refractivity contribution in [2.75, 3.05) is 19.4 Å². The zero-order valence-electron chi connectivity index (χ0n) is 12.0.